The van der Waals surface area contributed by atoms with Crippen LogP contribution in [0.15, 0.2) is 54.7 Å². The molecular weight excluding hydrogens is 284 g/mol. The van der Waals surface area contributed by atoms with Gasteiger partial charge in [-0.2, -0.15) is 0 Å². The largest absolute Gasteiger partial charge is 0.457 e. The molecule has 0 aliphatic rings. The van der Waals surface area contributed by atoms with Gasteiger partial charge < -0.3 is 10.1 Å². The van der Waals surface area contributed by atoms with E-state index in [2.05, 4.69) is 10.3 Å². The van der Waals surface area contributed by atoms with Gasteiger partial charge in [-0.15, -0.1) is 0 Å². The van der Waals surface area contributed by atoms with Gasteiger partial charge in [0.2, 0.25) is 0 Å². The third-order valence-corrected chi connectivity index (χ3v) is 3.56. The Balaban J connectivity index is 1.86. The Bertz CT molecular complexity index is 774. The summed E-state index contributed by atoms with van der Waals surface area (Å²) < 4.78 is 5.86. The second-order valence-electron chi connectivity index (χ2n) is 4.74. The van der Waals surface area contributed by atoms with Crippen molar-refractivity contribution in [2.75, 3.05) is 7.05 Å². The number of ether oxygens (including phenoxy) is 1. The maximum atomic E-state index is 6.24. The van der Waals surface area contributed by atoms with Gasteiger partial charge in [0.05, 0.1) is 5.52 Å². The van der Waals surface area contributed by atoms with E-state index in [0.29, 0.717) is 5.02 Å². The fraction of sp³-hybridized carbons (Fsp3) is 0.118. The van der Waals surface area contributed by atoms with Crippen molar-refractivity contribution >= 4 is 22.5 Å². The molecule has 1 aromatic heterocycles. The predicted octanol–water partition coefficient (Wildman–Crippen LogP) is 4.40. The number of fused-ring (bicyclic) bond motifs is 1. The molecule has 0 saturated heterocycles. The summed E-state index contributed by atoms with van der Waals surface area (Å²) in [6.45, 7) is 0.735. The number of rotatable bonds is 4. The molecule has 0 unspecified atom stereocenters. The van der Waals surface area contributed by atoms with E-state index in [1.54, 1.807) is 6.20 Å². The first-order valence-electron chi connectivity index (χ1n) is 6.72. The molecule has 3 aromatic rings. The van der Waals surface area contributed by atoms with Crippen molar-refractivity contribution in [1.82, 2.24) is 10.3 Å². The van der Waals surface area contributed by atoms with Crippen molar-refractivity contribution in [2.24, 2.45) is 0 Å². The van der Waals surface area contributed by atoms with Gasteiger partial charge in [-0.25, -0.2) is 0 Å². The Morgan fingerprint density at radius 2 is 1.90 bits per heavy atom. The van der Waals surface area contributed by atoms with Crippen LogP contribution in [0.2, 0.25) is 5.02 Å². The summed E-state index contributed by atoms with van der Waals surface area (Å²) in [6.07, 6.45) is 1.77. The molecule has 1 heterocycles. The molecule has 3 rings (SSSR count). The van der Waals surface area contributed by atoms with Crippen LogP contribution in [-0.2, 0) is 6.54 Å². The maximum absolute atomic E-state index is 6.24. The Morgan fingerprint density at radius 3 is 2.71 bits per heavy atom. The van der Waals surface area contributed by atoms with Crippen LogP contribution in [0.5, 0.6) is 11.5 Å². The van der Waals surface area contributed by atoms with Gasteiger partial charge in [0.25, 0.3) is 0 Å². The van der Waals surface area contributed by atoms with Crippen molar-refractivity contribution in [1.29, 1.82) is 0 Å². The molecule has 0 bridgehead atoms. The monoisotopic (exact) mass is 298 g/mol. The number of halogens is 1. The van der Waals surface area contributed by atoms with Crippen molar-refractivity contribution in [3.05, 3.63) is 65.3 Å². The van der Waals surface area contributed by atoms with Gasteiger partial charge in [-0.1, -0.05) is 23.7 Å². The van der Waals surface area contributed by atoms with Crippen LogP contribution in [0.3, 0.4) is 0 Å². The number of pyridine rings is 1. The van der Waals surface area contributed by atoms with Gasteiger partial charge in [-0.05, 0) is 42.9 Å². The lowest BCUT2D eigenvalue weighted by atomic mass is 10.2. The lowest BCUT2D eigenvalue weighted by Crippen LogP contribution is -2.05. The van der Waals surface area contributed by atoms with Crippen molar-refractivity contribution < 1.29 is 4.74 Å². The minimum absolute atomic E-state index is 0.695. The van der Waals surface area contributed by atoms with Crippen LogP contribution in [0.1, 0.15) is 5.56 Å². The molecule has 1 N–H and O–H groups in total. The summed E-state index contributed by atoms with van der Waals surface area (Å²) in [7, 11) is 1.89. The molecule has 0 saturated carbocycles. The van der Waals surface area contributed by atoms with Crippen LogP contribution >= 0.6 is 11.6 Å². The molecule has 2 aromatic carbocycles. The highest BCUT2D eigenvalue weighted by Gasteiger charge is 2.04. The highest BCUT2D eigenvalue weighted by atomic mass is 35.5. The third kappa shape index (κ3) is 3.15. The Kier molecular flexibility index (Phi) is 4.04. The lowest BCUT2D eigenvalue weighted by molar-refractivity contribution is 0.483. The smallest absolute Gasteiger partial charge is 0.129 e. The third-order valence-electron chi connectivity index (χ3n) is 3.20. The topological polar surface area (TPSA) is 34.1 Å². The summed E-state index contributed by atoms with van der Waals surface area (Å²) in [6, 6.07) is 15.5. The second-order valence-corrected chi connectivity index (χ2v) is 5.15. The van der Waals surface area contributed by atoms with E-state index in [1.807, 2.05) is 55.6 Å². The molecule has 0 aliphatic carbocycles. The van der Waals surface area contributed by atoms with E-state index >= 15 is 0 Å². The zero-order valence-electron chi connectivity index (χ0n) is 11.6. The molecule has 0 fully saturated rings. The normalized spacial score (nSPS) is 10.8. The number of hydrogen-bond donors (Lipinski definition) is 1. The molecule has 4 heteroatoms. The van der Waals surface area contributed by atoms with Crippen molar-refractivity contribution in [3.63, 3.8) is 0 Å². The molecule has 0 aliphatic heterocycles. The Hall–Kier alpha value is -2.10. The number of nitrogens with one attached hydrogen (secondary N) is 1. The Labute approximate surface area is 128 Å². The highest BCUT2D eigenvalue weighted by molar-refractivity contribution is 6.31. The molecule has 21 heavy (non-hydrogen) atoms. The summed E-state index contributed by atoms with van der Waals surface area (Å²) in [5.41, 5.74) is 1.96. The van der Waals surface area contributed by atoms with Gasteiger partial charge in [-0.3, -0.25) is 4.98 Å². The van der Waals surface area contributed by atoms with Crippen molar-refractivity contribution in [2.45, 2.75) is 6.54 Å². The van der Waals surface area contributed by atoms with Crippen LogP contribution in [-0.4, -0.2) is 12.0 Å². The fourth-order valence-corrected chi connectivity index (χ4v) is 2.41. The summed E-state index contributed by atoms with van der Waals surface area (Å²) in [5.74, 6) is 1.47. The zero-order chi connectivity index (χ0) is 14.7. The second kappa shape index (κ2) is 6.12. The maximum Gasteiger partial charge on any atom is 0.129 e. The fourth-order valence-electron chi connectivity index (χ4n) is 2.17. The van der Waals surface area contributed by atoms with Gasteiger partial charge in [0, 0.05) is 29.2 Å². The minimum atomic E-state index is 0.695. The summed E-state index contributed by atoms with van der Waals surface area (Å²) in [4.78, 5) is 4.33. The number of aromatic nitrogens is 1. The molecule has 0 amide bonds. The van der Waals surface area contributed by atoms with E-state index in [4.69, 9.17) is 16.3 Å². The molecule has 3 nitrogen and oxygen atoms in total. The summed E-state index contributed by atoms with van der Waals surface area (Å²) >= 11 is 6.24. The molecular formula is C17H15ClN2O. The SMILES string of the molecule is CNCc1ccc(Oc2ccc3cccnc3c2)cc1Cl. The quantitative estimate of drug-likeness (QED) is 0.775. The van der Waals surface area contributed by atoms with Crippen LogP contribution in [0, 0.1) is 0 Å². The molecule has 106 valence electrons. The number of nitrogens with zero attached hydrogens (tertiary/aromatic N) is 1. The van der Waals surface area contributed by atoms with E-state index in [0.717, 1.165) is 34.5 Å². The van der Waals surface area contributed by atoms with Gasteiger partial charge >= 0.3 is 0 Å². The average Bonchev–Trinajstić information content (AvgIpc) is 2.50. The predicted molar refractivity (Wildman–Crippen MR) is 86.0 cm³/mol. The lowest BCUT2D eigenvalue weighted by Gasteiger charge is -2.09. The molecule has 0 radical (unpaired) electrons. The minimum Gasteiger partial charge on any atom is -0.457 e. The van der Waals surface area contributed by atoms with Crippen LogP contribution in [0.4, 0.5) is 0 Å². The average molecular weight is 299 g/mol. The zero-order valence-corrected chi connectivity index (χ0v) is 12.4. The first-order chi connectivity index (χ1) is 10.3. The van der Waals surface area contributed by atoms with E-state index in [-0.39, 0.29) is 0 Å². The number of hydrogen-bond acceptors (Lipinski definition) is 3. The highest BCUT2D eigenvalue weighted by Crippen LogP contribution is 2.28. The van der Waals surface area contributed by atoms with E-state index in [9.17, 15) is 0 Å². The standard InChI is InChI=1S/C17H15ClN2O/c1-19-11-13-5-7-14(9-16(13)18)21-15-6-4-12-3-2-8-20-17(12)10-15/h2-10,19H,11H2,1H3. The molecule has 0 spiro atoms. The first kappa shape index (κ1) is 13.9. The van der Waals surface area contributed by atoms with Gasteiger partial charge in [0.15, 0.2) is 0 Å². The number of benzene rings is 2. The summed E-state index contributed by atoms with van der Waals surface area (Å²) in [5, 5.41) is 4.87. The Morgan fingerprint density at radius 1 is 1.10 bits per heavy atom. The van der Waals surface area contributed by atoms with Crippen LogP contribution in [0.25, 0.3) is 10.9 Å². The van der Waals surface area contributed by atoms with E-state index < -0.39 is 0 Å². The van der Waals surface area contributed by atoms with E-state index in [1.165, 1.54) is 0 Å². The first-order valence-corrected chi connectivity index (χ1v) is 7.10. The van der Waals surface area contributed by atoms with Gasteiger partial charge in [0.1, 0.15) is 11.5 Å². The van der Waals surface area contributed by atoms with Crippen LogP contribution < -0.4 is 10.1 Å². The van der Waals surface area contributed by atoms with Crippen molar-refractivity contribution in [3.8, 4) is 11.5 Å². The molecule has 0 atom stereocenters.